The molecule has 0 spiro atoms. The third-order valence-corrected chi connectivity index (χ3v) is 1.68. The second kappa shape index (κ2) is 4.20. The number of hydrogen-bond donors (Lipinski definition) is 3. The Balaban J connectivity index is 3.08. The maximum Gasteiger partial charge on any atom is 0.206 e. The van der Waals surface area contributed by atoms with E-state index < -0.39 is 5.23 Å². The van der Waals surface area contributed by atoms with Crippen LogP contribution in [0.2, 0.25) is 0 Å². The number of quaternary nitrogens is 1. The van der Waals surface area contributed by atoms with Crippen LogP contribution in [0, 0.1) is 5.21 Å². The van der Waals surface area contributed by atoms with Crippen LogP contribution < -0.4 is 9.96 Å². The van der Waals surface area contributed by atoms with Gasteiger partial charge in [-0.1, -0.05) is 6.07 Å². The lowest BCUT2D eigenvalue weighted by Gasteiger charge is -2.15. The minimum absolute atomic E-state index is 0.0969. The lowest BCUT2D eigenvalue weighted by molar-refractivity contribution is -0.991. The Morgan fingerprint density at radius 1 is 1.54 bits per heavy atom. The van der Waals surface area contributed by atoms with Crippen LogP contribution >= 0.6 is 0 Å². The standard InChI is InChI=1S/C8H11NO4/c1-13-8-4-6(5-10)2-3-7(8)9(11)12/h2-4,9-11H,5H2,1H3. The molecule has 0 aliphatic carbocycles. The molecule has 72 valence electrons. The molecule has 0 aliphatic heterocycles. The van der Waals surface area contributed by atoms with E-state index in [1.807, 2.05) is 0 Å². The number of hydrogen-bond acceptors (Lipinski definition) is 4. The summed E-state index contributed by atoms with van der Waals surface area (Å²) in [5.41, 5.74) is 0.724. The minimum Gasteiger partial charge on any atom is -0.595 e. The number of nitrogens with one attached hydrogen (secondary N) is 1. The van der Waals surface area contributed by atoms with Gasteiger partial charge in [-0.25, -0.2) is 5.21 Å². The fraction of sp³-hybridized carbons (Fsp3) is 0.250. The second-order valence-corrected chi connectivity index (χ2v) is 2.50. The van der Waals surface area contributed by atoms with Crippen molar-refractivity contribution in [2.75, 3.05) is 7.11 Å². The summed E-state index contributed by atoms with van der Waals surface area (Å²) in [7, 11) is 1.39. The third-order valence-electron chi connectivity index (χ3n) is 1.68. The van der Waals surface area contributed by atoms with Gasteiger partial charge in [0.2, 0.25) is 5.69 Å². The summed E-state index contributed by atoms with van der Waals surface area (Å²) in [5, 5.41) is 27.1. The molecule has 0 aliphatic rings. The van der Waals surface area contributed by atoms with Crippen molar-refractivity contribution in [1.29, 1.82) is 0 Å². The third kappa shape index (κ3) is 2.16. The van der Waals surface area contributed by atoms with Gasteiger partial charge in [0.1, 0.15) is 0 Å². The normalized spacial score (nSPS) is 12.6. The lowest BCUT2D eigenvalue weighted by atomic mass is 10.2. The largest absolute Gasteiger partial charge is 0.595 e. The van der Waals surface area contributed by atoms with Crippen molar-refractivity contribution >= 4 is 5.69 Å². The van der Waals surface area contributed by atoms with Crippen molar-refractivity contribution in [1.82, 2.24) is 0 Å². The zero-order valence-electron chi connectivity index (χ0n) is 7.15. The first-order valence-corrected chi connectivity index (χ1v) is 3.70. The quantitative estimate of drug-likeness (QED) is 0.559. The maximum absolute atomic E-state index is 10.6. The molecule has 0 saturated heterocycles. The van der Waals surface area contributed by atoms with Gasteiger partial charge in [-0.05, 0) is 11.6 Å². The van der Waals surface area contributed by atoms with Gasteiger partial charge < -0.3 is 15.1 Å². The monoisotopic (exact) mass is 185 g/mol. The highest BCUT2D eigenvalue weighted by Crippen LogP contribution is 2.21. The van der Waals surface area contributed by atoms with E-state index in [0.29, 0.717) is 5.56 Å². The molecule has 1 atom stereocenters. The van der Waals surface area contributed by atoms with Gasteiger partial charge in [-0.2, -0.15) is 5.23 Å². The molecule has 0 fully saturated rings. The lowest BCUT2D eigenvalue weighted by Crippen LogP contribution is -2.99. The zero-order valence-corrected chi connectivity index (χ0v) is 7.15. The minimum atomic E-state index is -1.04. The Bertz CT molecular complexity index is 287. The summed E-state index contributed by atoms with van der Waals surface area (Å²) < 4.78 is 4.86. The van der Waals surface area contributed by atoms with Crippen LogP contribution in [0.3, 0.4) is 0 Å². The van der Waals surface area contributed by atoms with E-state index in [4.69, 9.17) is 15.1 Å². The molecule has 3 N–H and O–H groups in total. The van der Waals surface area contributed by atoms with Crippen LogP contribution in [0.1, 0.15) is 5.56 Å². The van der Waals surface area contributed by atoms with Crippen LogP contribution in [0.4, 0.5) is 5.69 Å². The van der Waals surface area contributed by atoms with E-state index in [9.17, 15) is 5.21 Å². The van der Waals surface area contributed by atoms with E-state index in [0.717, 1.165) is 0 Å². The Hall–Kier alpha value is -1.14. The number of rotatable bonds is 3. The predicted octanol–water partition coefficient (Wildman–Crippen LogP) is -0.409. The number of benzene rings is 1. The Morgan fingerprint density at radius 3 is 2.69 bits per heavy atom. The van der Waals surface area contributed by atoms with E-state index in [2.05, 4.69) is 0 Å². The molecular weight excluding hydrogens is 174 g/mol. The van der Waals surface area contributed by atoms with Crippen molar-refractivity contribution in [3.05, 3.63) is 29.0 Å². The molecule has 13 heavy (non-hydrogen) atoms. The van der Waals surface area contributed by atoms with E-state index >= 15 is 0 Å². The summed E-state index contributed by atoms with van der Waals surface area (Å²) in [6.45, 7) is -0.129. The SMILES string of the molecule is COc1cc(CO)ccc1[NH+]([O-])O. The van der Waals surface area contributed by atoms with Crippen molar-refractivity contribution in [2.24, 2.45) is 0 Å². The van der Waals surface area contributed by atoms with Crippen LogP contribution in [-0.4, -0.2) is 17.4 Å². The molecule has 0 radical (unpaired) electrons. The van der Waals surface area contributed by atoms with Crippen LogP contribution in [0.15, 0.2) is 18.2 Å². The predicted molar refractivity (Wildman–Crippen MR) is 44.7 cm³/mol. The summed E-state index contributed by atoms with van der Waals surface area (Å²) in [6.07, 6.45) is 0. The first kappa shape index (κ1) is 9.94. The summed E-state index contributed by atoms with van der Waals surface area (Å²) in [4.78, 5) is 0. The molecule has 5 heteroatoms. The van der Waals surface area contributed by atoms with E-state index in [-0.39, 0.29) is 18.0 Å². The molecule has 1 aromatic rings. The number of methoxy groups -OCH3 is 1. The van der Waals surface area contributed by atoms with Crippen molar-refractivity contribution in [3.63, 3.8) is 0 Å². The van der Waals surface area contributed by atoms with Gasteiger partial charge >= 0.3 is 0 Å². The van der Waals surface area contributed by atoms with Gasteiger partial charge in [0.25, 0.3) is 0 Å². The zero-order chi connectivity index (χ0) is 9.84. The second-order valence-electron chi connectivity index (χ2n) is 2.50. The maximum atomic E-state index is 10.6. The highest BCUT2D eigenvalue weighted by Gasteiger charge is 2.09. The number of ether oxygens (including phenoxy) is 1. The summed E-state index contributed by atoms with van der Waals surface area (Å²) >= 11 is 0. The Labute approximate surface area is 75.3 Å². The number of aliphatic hydroxyl groups is 1. The molecule has 1 aromatic carbocycles. The van der Waals surface area contributed by atoms with Gasteiger partial charge in [-0.3, -0.25) is 0 Å². The van der Waals surface area contributed by atoms with E-state index in [1.165, 1.54) is 19.2 Å². The highest BCUT2D eigenvalue weighted by molar-refractivity contribution is 5.47. The van der Waals surface area contributed by atoms with Gasteiger partial charge in [-0.15, -0.1) is 0 Å². The van der Waals surface area contributed by atoms with Crippen LogP contribution in [0.25, 0.3) is 0 Å². The smallest absolute Gasteiger partial charge is 0.206 e. The molecule has 1 unspecified atom stereocenters. The fourth-order valence-corrected chi connectivity index (χ4v) is 1.01. The first-order valence-electron chi connectivity index (χ1n) is 3.70. The van der Waals surface area contributed by atoms with Crippen molar-refractivity contribution < 1.29 is 20.3 Å². The molecule has 5 nitrogen and oxygen atoms in total. The van der Waals surface area contributed by atoms with Gasteiger partial charge in [0.05, 0.1) is 13.7 Å². The molecular formula is C8H11NO4. The van der Waals surface area contributed by atoms with Crippen molar-refractivity contribution in [3.8, 4) is 5.75 Å². The summed E-state index contributed by atoms with van der Waals surface area (Å²) in [6, 6.07) is 4.46. The number of aliphatic hydroxyl groups excluding tert-OH is 1. The Kier molecular flexibility index (Phi) is 3.21. The van der Waals surface area contributed by atoms with E-state index in [1.54, 1.807) is 6.07 Å². The molecule has 1 rings (SSSR count). The van der Waals surface area contributed by atoms with Gasteiger partial charge in [0, 0.05) is 6.07 Å². The fourth-order valence-electron chi connectivity index (χ4n) is 1.01. The van der Waals surface area contributed by atoms with Crippen LogP contribution in [0.5, 0.6) is 5.75 Å². The topological polar surface area (TPSA) is 77.2 Å². The molecule has 0 heterocycles. The highest BCUT2D eigenvalue weighted by atomic mass is 16.8. The van der Waals surface area contributed by atoms with Crippen LogP contribution in [-0.2, 0) is 6.61 Å². The molecule has 0 amide bonds. The average Bonchev–Trinajstić information content (AvgIpc) is 2.16. The molecule has 0 saturated carbocycles. The van der Waals surface area contributed by atoms with Gasteiger partial charge in [0.15, 0.2) is 5.75 Å². The average molecular weight is 185 g/mol. The first-order chi connectivity index (χ1) is 6.19. The van der Waals surface area contributed by atoms with Crippen molar-refractivity contribution in [2.45, 2.75) is 6.61 Å². The Morgan fingerprint density at radius 2 is 2.23 bits per heavy atom. The molecule has 0 aromatic heterocycles. The molecule has 0 bridgehead atoms. The summed E-state index contributed by atoms with van der Waals surface area (Å²) in [5.74, 6) is 0.263.